The highest BCUT2D eigenvalue weighted by Gasteiger charge is 2.39. The van der Waals surface area contributed by atoms with E-state index in [9.17, 15) is 0 Å². The average Bonchev–Trinajstić information content (AvgIpc) is 2.38. The maximum Gasteiger partial charge on any atom is 0.125 e. The van der Waals surface area contributed by atoms with Crippen molar-refractivity contribution in [3.8, 4) is 11.5 Å². The van der Waals surface area contributed by atoms with Crippen molar-refractivity contribution >= 4 is 0 Å². The molecule has 2 atom stereocenters. The van der Waals surface area contributed by atoms with E-state index in [0.717, 1.165) is 24.5 Å². The molecule has 1 heterocycles. The van der Waals surface area contributed by atoms with Crippen LogP contribution in [0.5, 0.6) is 11.5 Å². The molecule has 106 valence electrons. The first-order valence-electron chi connectivity index (χ1n) is 7.10. The Morgan fingerprint density at radius 2 is 2.21 bits per heavy atom. The molecule has 1 N–H and O–H groups in total. The molecule has 1 aromatic rings. The molecule has 0 radical (unpaired) electrons. The van der Waals surface area contributed by atoms with Crippen molar-refractivity contribution in [1.29, 1.82) is 0 Å². The largest absolute Gasteiger partial charge is 0.497 e. The predicted octanol–water partition coefficient (Wildman–Crippen LogP) is 3.54. The number of hydrogen-bond donors (Lipinski definition) is 1. The van der Waals surface area contributed by atoms with Crippen LogP contribution in [0.2, 0.25) is 0 Å². The van der Waals surface area contributed by atoms with Gasteiger partial charge in [0.2, 0.25) is 0 Å². The lowest BCUT2D eigenvalue weighted by atomic mass is 9.81. The molecule has 0 aromatic heterocycles. The molecule has 0 spiro atoms. The molecule has 1 aliphatic rings. The van der Waals surface area contributed by atoms with Gasteiger partial charge in [-0.25, -0.2) is 0 Å². The molecule has 0 saturated carbocycles. The first-order chi connectivity index (χ1) is 9.00. The number of rotatable bonds is 4. The number of benzene rings is 1. The molecule has 1 aliphatic heterocycles. The first-order valence-corrected chi connectivity index (χ1v) is 7.10. The maximum atomic E-state index is 6.26. The van der Waals surface area contributed by atoms with Gasteiger partial charge in [0.1, 0.15) is 17.1 Å². The molecule has 19 heavy (non-hydrogen) atoms. The van der Waals surface area contributed by atoms with Gasteiger partial charge in [-0.05, 0) is 37.6 Å². The van der Waals surface area contributed by atoms with E-state index in [4.69, 9.17) is 9.47 Å². The molecular formula is C16H25NO2. The zero-order valence-corrected chi connectivity index (χ0v) is 12.6. The van der Waals surface area contributed by atoms with Crippen LogP contribution in [-0.2, 0) is 0 Å². The molecule has 2 unspecified atom stereocenters. The van der Waals surface area contributed by atoms with Gasteiger partial charge in [-0.15, -0.1) is 0 Å². The van der Waals surface area contributed by atoms with Crippen molar-refractivity contribution in [2.24, 2.45) is 5.92 Å². The quantitative estimate of drug-likeness (QED) is 0.901. The molecule has 0 saturated heterocycles. The van der Waals surface area contributed by atoms with Gasteiger partial charge in [-0.3, -0.25) is 0 Å². The highest BCUT2D eigenvalue weighted by molar-refractivity contribution is 5.44. The number of methoxy groups -OCH3 is 1. The van der Waals surface area contributed by atoms with Crippen molar-refractivity contribution < 1.29 is 9.47 Å². The number of fused-ring (bicyclic) bond motifs is 1. The van der Waals surface area contributed by atoms with Crippen LogP contribution in [0.1, 0.15) is 45.7 Å². The average molecular weight is 263 g/mol. The zero-order valence-electron chi connectivity index (χ0n) is 12.6. The molecule has 0 fully saturated rings. The van der Waals surface area contributed by atoms with Crippen molar-refractivity contribution in [2.45, 2.75) is 45.8 Å². The topological polar surface area (TPSA) is 30.5 Å². The summed E-state index contributed by atoms with van der Waals surface area (Å²) in [5.74, 6) is 2.34. The molecule has 2 rings (SSSR count). The summed E-state index contributed by atoms with van der Waals surface area (Å²) < 4.78 is 11.6. The van der Waals surface area contributed by atoms with Crippen molar-refractivity contribution in [2.75, 3.05) is 13.7 Å². The van der Waals surface area contributed by atoms with Crippen LogP contribution in [0.15, 0.2) is 18.2 Å². The minimum atomic E-state index is -0.117. The van der Waals surface area contributed by atoms with E-state index < -0.39 is 0 Å². The van der Waals surface area contributed by atoms with E-state index >= 15 is 0 Å². The van der Waals surface area contributed by atoms with Crippen molar-refractivity contribution in [1.82, 2.24) is 5.32 Å². The summed E-state index contributed by atoms with van der Waals surface area (Å²) in [7, 11) is 1.70. The summed E-state index contributed by atoms with van der Waals surface area (Å²) in [5, 5.41) is 3.57. The molecule has 1 aromatic carbocycles. The van der Waals surface area contributed by atoms with Gasteiger partial charge in [0.05, 0.1) is 7.11 Å². The van der Waals surface area contributed by atoms with Crippen LogP contribution < -0.4 is 14.8 Å². The Hall–Kier alpha value is -1.22. The van der Waals surface area contributed by atoms with Gasteiger partial charge in [-0.1, -0.05) is 20.8 Å². The highest BCUT2D eigenvalue weighted by Crippen LogP contribution is 2.43. The number of ether oxygens (including phenoxy) is 2. The molecule has 3 heteroatoms. The Labute approximate surface area is 116 Å². The smallest absolute Gasteiger partial charge is 0.125 e. The Balaban J connectivity index is 2.40. The summed E-state index contributed by atoms with van der Waals surface area (Å²) in [4.78, 5) is 0. The zero-order chi connectivity index (χ0) is 14.0. The molecule has 3 nitrogen and oxygen atoms in total. The third kappa shape index (κ3) is 2.71. The van der Waals surface area contributed by atoms with Crippen LogP contribution in [-0.4, -0.2) is 19.3 Å². The van der Waals surface area contributed by atoms with Gasteiger partial charge in [0.15, 0.2) is 0 Å². The number of nitrogens with one attached hydrogen (secondary N) is 1. The second kappa shape index (κ2) is 5.41. The maximum absolute atomic E-state index is 6.26. The van der Waals surface area contributed by atoms with E-state index in [-0.39, 0.29) is 5.60 Å². The van der Waals surface area contributed by atoms with Crippen LogP contribution in [0.4, 0.5) is 0 Å². The standard InChI is InChI=1S/C16H25NO2/c1-6-17-14-10-16(4,11(2)3)19-15-8-7-12(18-5)9-13(14)15/h7-9,11,14,17H,6,10H2,1-5H3. The summed E-state index contributed by atoms with van der Waals surface area (Å²) in [6.45, 7) is 9.74. The number of hydrogen-bond acceptors (Lipinski definition) is 3. The Bertz CT molecular complexity index is 444. The van der Waals surface area contributed by atoms with Gasteiger partial charge in [-0.2, -0.15) is 0 Å². The van der Waals surface area contributed by atoms with Gasteiger partial charge in [0, 0.05) is 18.0 Å². The van der Waals surface area contributed by atoms with E-state index in [1.807, 2.05) is 12.1 Å². The normalized spacial score (nSPS) is 25.9. The fraction of sp³-hybridized carbons (Fsp3) is 0.625. The third-order valence-electron chi connectivity index (χ3n) is 4.22. The minimum absolute atomic E-state index is 0.117. The van der Waals surface area contributed by atoms with E-state index in [1.54, 1.807) is 7.11 Å². The lowest BCUT2D eigenvalue weighted by Gasteiger charge is -2.43. The molecule has 0 bridgehead atoms. The summed E-state index contributed by atoms with van der Waals surface area (Å²) in [5.41, 5.74) is 1.09. The van der Waals surface area contributed by atoms with Gasteiger partial charge >= 0.3 is 0 Å². The fourth-order valence-corrected chi connectivity index (χ4v) is 2.61. The molecule has 0 amide bonds. The van der Waals surface area contributed by atoms with Crippen LogP contribution in [0.25, 0.3) is 0 Å². The molecule has 0 aliphatic carbocycles. The van der Waals surface area contributed by atoms with Gasteiger partial charge in [0.25, 0.3) is 0 Å². The second-order valence-electron chi connectivity index (χ2n) is 5.79. The summed E-state index contributed by atoms with van der Waals surface area (Å²) in [6, 6.07) is 6.41. The Kier molecular flexibility index (Phi) is 4.04. The lowest BCUT2D eigenvalue weighted by Crippen LogP contribution is -2.45. The molecular weight excluding hydrogens is 238 g/mol. The third-order valence-corrected chi connectivity index (χ3v) is 4.22. The lowest BCUT2D eigenvalue weighted by molar-refractivity contribution is 0.00600. The minimum Gasteiger partial charge on any atom is -0.497 e. The highest BCUT2D eigenvalue weighted by atomic mass is 16.5. The van der Waals surface area contributed by atoms with Crippen LogP contribution >= 0.6 is 0 Å². The fourth-order valence-electron chi connectivity index (χ4n) is 2.61. The summed E-state index contributed by atoms with van der Waals surface area (Å²) in [6.07, 6.45) is 0.985. The second-order valence-corrected chi connectivity index (χ2v) is 5.79. The Morgan fingerprint density at radius 3 is 2.79 bits per heavy atom. The van der Waals surface area contributed by atoms with E-state index in [1.165, 1.54) is 5.56 Å². The van der Waals surface area contributed by atoms with Crippen LogP contribution in [0, 0.1) is 5.92 Å². The Morgan fingerprint density at radius 1 is 1.47 bits per heavy atom. The summed E-state index contributed by atoms with van der Waals surface area (Å²) >= 11 is 0. The van der Waals surface area contributed by atoms with Gasteiger partial charge < -0.3 is 14.8 Å². The van der Waals surface area contributed by atoms with E-state index in [0.29, 0.717) is 12.0 Å². The monoisotopic (exact) mass is 263 g/mol. The van der Waals surface area contributed by atoms with Crippen LogP contribution in [0.3, 0.4) is 0 Å². The first kappa shape index (κ1) is 14.2. The van der Waals surface area contributed by atoms with Crippen molar-refractivity contribution in [3.05, 3.63) is 23.8 Å². The predicted molar refractivity (Wildman–Crippen MR) is 77.9 cm³/mol. The SMILES string of the molecule is CCNC1CC(C)(C(C)C)Oc2ccc(OC)cc21. The van der Waals surface area contributed by atoms with E-state index in [2.05, 4.69) is 39.1 Å². The van der Waals surface area contributed by atoms with Crippen molar-refractivity contribution in [3.63, 3.8) is 0 Å².